The molecule has 102 valence electrons. The lowest BCUT2D eigenvalue weighted by Crippen LogP contribution is -2.50. The van der Waals surface area contributed by atoms with Crippen molar-refractivity contribution in [3.63, 3.8) is 0 Å². The highest BCUT2D eigenvalue weighted by atomic mass is 16.6. The van der Waals surface area contributed by atoms with Gasteiger partial charge in [0, 0.05) is 12.1 Å². The fourth-order valence-electron chi connectivity index (χ4n) is 1.15. The summed E-state index contributed by atoms with van der Waals surface area (Å²) >= 11 is 0. The van der Waals surface area contributed by atoms with Crippen molar-refractivity contribution in [2.24, 2.45) is 5.92 Å². The molecule has 0 saturated heterocycles. The van der Waals surface area contributed by atoms with Crippen molar-refractivity contribution in [1.29, 1.82) is 0 Å². The van der Waals surface area contributed by atoms with E-state index in [9.17, 15) is 4.79 Å². The number of rotatable bonds is 5. The van der Waals surface area contributed by atoms with Crippen LogP contribution in [-0.2, 0) is 4.74 Å². The summed E-state index contributed by atoms with van der Waals surface area (Å²) in [4.78, 5) is 11.5. The molecule has 0 heterocycles. The first-order valence-corrected chi connectivity index (χ1v) is 6.24. The van der Waals surface area contributed by atoms with Crippen LogP contribution < -0.4 is 10.6 Å². The van der Waals surface area contributed by atoms with Crippen molar-refractivity contribution in [1.82, 2.24) is 10.6 Å². The van der Waals surface area contributed by atoms with Crippen molar-refractivity contribution in [2.75, 3.05) is 13.1 Å². The molecule has 0 unspecified atom stereocenters. The Morgan fingerprint density at radius 1 is 1.18 bits per heavy atom. The Morgan fingerprint density at radius 3 is 2.12 bits per heavy atom. The van der Waals surface area contributed by atoms with Crippen LogP contribution in [0.25, 0.3) is 0 Å². The molecule has 2 N–H and O–H groups in total. The molecule has 0 spiro atoms. The van der Waals surface area contributed by atoms with Crippen LogP contribution in [0.3, 0.4) is 0 Å². The molecule has 0 rings (SSSR count). The summed E-state index contributed by atoms with van der Waals surface area (Å²) in [7, 11) is 0. The first-order valence-electron chi connectivity index (χ1n) is 6.24. The first kappa shape index (κ1) is 16.2. The van der Waals surface area contributed by atoms with Crippen LogP contribution in [0.1, 0.15) is 48.5 Å². The average Bonchev–Trinajstić information content (AvgIpc) is 2.09. The molecule has 4 nitrogen and oxygen atoms in total. The van der Waals surface area contributed by atoms with Gasteiger partial charge in [-0.25, -0.2) is 4.79 Å². The SMILES string of the molecule is CC(C)CNC(C)(C)CNC(=O)OC(C)(C)C. The van der Waals surface area contributed by atoms with Crippen molar-refractivity contribution < 1.29 is 9.53 Å². The third-order valence-corrected chi connectivity index (χ3v) is 2.06. The van der Waals surface area contributed by atoms with Gasteiger partial charge >= 0.3 is 6.09 Å². The van der Waals surface area contributed by atoms with Crippen molar-refractivity contribution in [3.8, 4) is 0 Å². The van der Waals surface area contributed by atoms with Crippen LogP contribution in [0.4, 0.5) is 4.79 Å². The Labute approximate surface area is 105 Å². The van der Waals surface area contributed by atoms with E-state index in [0.717, 1.165) is 6.54 Å². The van der Waals surface area contributed by atoms with Gasteiger partial charge in [0.15, 0.2) is 0 Å². The predicted molar refractivity (Wildman–Crippen MR) is 71.2 cm³/mol. The fraction of sp³-hybridized carbons (Fsp3) is 0.923. The molecule has 0 aliphatic heterocycles. The maximum atomic E-state index is 11.5. The van der Waals surface area contributed by atoms with Gasteiger partial charge < -0.3 is 15.4 Å². The summed E-state index contributed by atoms with van der Waals surface area (Å²) in [5, 5.41) is 6.19. The Kier molecular flexibility index (Phi) is 5.96. The summed E-state index contributed by atoms with van der Waals surface area (Å²) in [5.41, 5.74) is -0.569. The summed E-state index contributed by atoms with van der Waals surface area (Å²) in [5.74, 6) is 0.593. The highest BCUT2D eigenvalue weighted by molar-refractivity contribution is 5.67. The van der Waals surface area contributed by atoms with Crippen molar-refractivity contribution >= 4 is 6.09 Å². The lowest BCUT2D eigenvalue weighted by Gasteiger charge is -2.28. The average molecular weight is 244 g/mol. The van der Waals surface area contributed by atoms with Crippen LogP contribution >= 0.6 is 0 Å². The molecule has 0 saturated carbocycles. The van der Waals surface area contributed by atoms with E-state index in [0.29, 0.717) is 12.5 Å². The second-order valence-corrected chi connectivity index (χ2v) is 6.51. The van der Waals surface area contributed by atoms with Gasteiger partial charge in [-0.2, -0.15) is 0 Å². The number of carbonyl (C=O) groups excluding carboxylic acids is 1. The van der Waals surface area contributed by atoms with Gasteiger partial charge in [0.1, 0.15) is 5.60 Å². The predicted octanol–water partition coefficient (Wildman–Crippen LogP) is 2.54. The van der Waals surface area contributed by atoms with Crippen LogP contribution in [0.5, 0.6) is 0 Å². The molecular formula is C13H28N2O2. The highest BCUT2D eigenvalue weighted by Gasteiger charge is 2.21. The van der Waals surface area contributed by atoms with Crippen LogP contribution in [0.2, 0.25) is 0 Å². The number of hydrogen-bond acceptors (Lipinski definition) is 3. The minimum Gasteiger partial charge on any atom is -0.444 e. The smallest absolute Gasteiger partial charge is 0.407 e. The lowest BCUT2D eigenvalue weighted by atomic mass is 10.0. The lowest BCUT2D eigenvalue weighted by molar-refractivity contribution is 0.0513. The molecule has 0 aromatic rings. The number of carbonyl (C=O) groups is 1. The zero-order valence-corrected chi connectivity index (χ0v) is 12.3. The highest BCUT2D eigenvalue weighted by Crippen LogP contribution is 2.07. The van der Waals surface area contributed by atoms with Gasteiger partial charge in [0.05, 0.1) is 0 Å². The Hall–Kier alpha value is -0.770. The van der Waals surface area contributed by atoms with Gasteiger partial charge in [-0.3, -0.25) is 0 Å². The van der Waals surface area contributed by atoms with E-state index in [1.165, 1.54) is 0 Å². The van der Waals surface area contributed by atoms with E-state index < -0.39 is 5.60 Å². The number of alkyl carbamates (subject to hydrolysis) is 1. The van der Waals surface area contributed by atoms with Gasteiger partial charge in [-0.15, -0.1) is 0 Å². The molecular weight excluding hydrogens is 216 g/mol. The van der Waals surface area contributed by atoms with E-state index in [1.54, 1.807) is 0 Å². The molecule has 1 amide bonds. The maximum Gasteiger partial charge on any atom is 0.407 e. The summed E-state index contributed by atoms with van der Waals surface area (Å²) in [6.07, 6.45) is -0.364. The molecule has 0 atom stereocenters. The van der Waals surface area contributed by atoms with Gasteiger partial charge in [0.2, 0.25) is 0 Å². The molecule has 0 radical (unpaired) electrons. The molecule has 0 aromatic carbocycles. The number of hydrogen-bond donors (Lipinski definition) is 2. The third-order valence-electron chi connectivity index (χ3n) is 2.06. The van der Waals surface area contributed by atoms with E-state index in [2.05, 4.69) is 38.3 Å². The molecule has 0 aliphatic carbocycles. The number of nitrogens with one attached hydrogen (secondary N) is 2. The first-order chi connectivity index (χ1) is 7.52. The summed E-state index contributed by atoms with van der Waals surface area (Å²) in [6.45, 7) is 15.5. The van der Waals surface area contributed by atoms with Crippen molar-refractivity contribution in [3.05, 3.63) is 0 Å². The monoisotopic (exact) mass is 244 g/mol. The molecule has 0 bridgehead atoms. The molecule has 0 aliphatic rings. The summed E-state index contributed by atoms with van der Waals surface area (Å²) < 4.78 is 5.18. The minimum atomic E-state index is -0.445. The second-order valence-electron chi connectivity index (χ2n) is 6.51. The molecule has 0 aromatic heterocycles. The third kappa shape index (κ3) is 10.1. The van der Waals surface area contributed by atoms with E-state index >= 15 is 0 Å². The standard InChI is InChI=1S/C13H28N2O2/c1-10(2)8-15-13(6,7)9-14-11(16)17-12(3,4)5/h10,15H,8-9H2,1-7H3,(H,14,16). The van der Waals surface area contributed by atoms with E-state index in [4.69, 9.17) is 4.74 Å². The van der Waals surface area contributed by atoms with Gasteiger partial charge in [-0.05, 0) is 47.1 Å². The normalized spacial score (nSPS) is 12.7. The number of amides is 1. The van der Waals surface area contributed by atoms with Gasteiger partial charge in [0.25, 0.3) is 0 Å². The second kappa shape index (κ2) is 6.24. The summed E-state index contributed by atoms with van der Waals surface area (Å²) in [6, 6.07) is 0. The maximum absolute atomic E-state index is 11.5. The van der Waals surface area contributed by atoms with Gasteiger partial charge in [-0.1, -0.05) is 13.8 Å². The Balaban J connectivity index is 3.96. The zero-order chi connectivity index (χ0) is 13.7. The van der Waals surface area contributed by atoms with E-state index in [-0.39, 0.29) is 11.6 Å². The molecule has 0 fully saturated rings. The van der Waals surface area contributed by atoms with Crippen LogP contribution in [-0.4, -0.2) is 30.3 Å². The minimum absolute atomic E-state index is 0.124. The van der Waals surface area contributed by atoms with Crippen LogP contribution in [0.15, 0.2) is 0 Å². The quantitative estimate of drug-likeness (QED) is 0.781. The Morgan fingerprint density at radius 2 is 1.71 bits per heavy atom. The Bertz CT molecular complexity index is 242. The zero-order valence-electron chi connectivity index (χ0n) is 12.3. The topological polar surface area (TPSA) is 50.4 Å². The number of ether oxygens (including phenoxy) is 1. The molecule has 4 heteroatoms. The largest absolute Gasteiger partial charge is 0.444 e. The van der Waals surface area contributed by atoms with Crippen molar-refractivity contribution in [2.45, 2.75) is 59.6 Å². The van der Waals surface area contributed by atoms with Crippen LogP contribution in [0, 0.1) is 5.92 Å². The fourth-order valence-corrected chi connectivity index (χ4v) is 1.15. The van der Waals surface area contributed by atoms with E-state index in [1.807, 2.05) is 20.8 Å². The molecule has 17 heavy (non-hydrogen) atoms.